The van der Waals surface area contributed by atoms with Crippen LogP contribution < -0.4 is 0 Å². The molecule has 0 amide bonds. The van der Waals surface area contributed by atoms with Crippen LogP contribution in [0.2, 0.25) is 0 Å². The van der Waals surface area contributed by atoms with Crippen molar-refractivity contribution in [3.05, 3.63) is 71.3 Å². The highest BCUT2D eigenvalue weighted by Gasteiger charge is 2.19. The average molecular weight is 246 g/mol. The Morgan fingerprint density at radius 1 is 0.722 bits per heavy atom. The van der Waals surface area contributed by atoms with Crippen LogP contribution in [-0.2, 0) is 0 Å². The maximum atomic E-state index is 13.0. The van der Waals surface area contributed by atoms with Gasteiger partial charge >= 0.3 is 0 Å². The summed E-state index contributed by atoms with van der Waals surface area (Å²) in [6.45, 7) is 0. The summed E-state index contributed by atoms with van der Waals surface area (Å²) in [5.41, 5.74) is -0.103. The van der Waals surface area contributed by atoms with Crippen LogP contribution in [0.1, 0.15) is 20.7 Å². The average Bonchev–Trinajstić information content (AvgIpc) is 2.37. The van der Waals surface area contributed by atoms with Crippen LogP contribution >= 0.6 is 0 Å². The Balaban J connectivity index is 2.35. The molecule has 0 saturated carbocycles. The Morgan fingerprint density at radius 2 is 1.22 bits per heavy atom. The number of rotatable bonds is 3. The van der Waals surface area contributed by atoms with Gasteiger partial charge in [0, 0.05) is 17.2 Å². The highest BCUT2D eigenvalue weighted by Crippen LogP contribution is 2.11. The molecule has 0 saturated heterocycles. The summed E-state index contributed by atoms with van der Waals surface area (Å²) in [6, 6.07) is 10.2. The normalized spacial score (nSPS) is 10.1. The van der Waals surface area contributed by atoms with Crippen LogP contribution in [0.5, 0.6) is 0 Å². The quantitative estimate of drug-likeness (QED) is 0.616. The minimum atomic E-state index is -0.931. The summed E-state index contributed by atoms with van der Waals surface area (Å²) in [4.78, 5) is 23.5. The second kappa shape index (κ2) is 4.87. The second-order valence-corrected chi connectivity index (χ2v) is 3.68. The van der Waals surface area contributed by atoms with Gasteiger partial charge in [-0.25, -0.2) is 8.78 Å². The van der Waals surface area contributed by atoms with E-state index in [1.807, 2.05) is 0 Å². The number of hydrogen-bond donors (Lipinski definition) is 0. The molecule has 2 aromatic rings. The Morgan fingerprint density at radius 3 is 1.78 bits per heavy atom. The Kier molecular flexibility index (Phi) is 3.28. The molecule has 90 valence electrons. The second-order valence-electron chi connectivity index (χ2n) is 3.68. The van der Waals surface area contributed by atoms with Crippen molar-refractivity contribution in [2.45, 2.75) is 0 Å². The zero-order chi connectivity index (χ0) is 13.1. The van der Waals surface area contributed by atoms with Gasteiger partial charge in [0.15, 0.2) is 0 Å². The molecule has 18 heavy (non-hydrogen) atoms. The topological polar surface area (TPSA) is 34.1 Å². The van der Waals surface area contributed by atoms with Crippen molar-refractivity contribution in [1.82, 2.24) is 0 Å². The number of benzene rings is 2. The maximum Gasteiger partial charge on any atom is 0.233 e. The molecule has 0 radical (unpaired) electrons. The van der Waals surface area contributed by atoms with Crippen molar-refractivity contribution in [2.75, 3.05) is 0 Å². The Hall–Kier alpha value is -2.36. The van der Waals surface area contributed by atoms with Gasteiger partial charge in [0.05, 0.1) is 0 Å². The van der Waals surface area contributed by atoms with Crippen LogP contribution in [0, 0.1) is 11.6 Å². The molecule has 0 aromatic heterocycles. The molecule has 2 aromatic carbocycles. The van der Waals surface area contributed by atoms with Crippen LogP contribution in [0.15, 0.2) is 48.5 Å². The molecule has 0 fully saturated rings. The third kappa shape index (κ3) is 2.48. The lowest BCUT2D eigenvalue weighted by Gasteiger charge is -2.01. The number of hydrogen-bond acceptors (Lipinski definition) is 2. The van der Waals surface area contributed by atoms with E-state index in [-0.39, 0.29) is 11.1 Å². The molecule has 0 bridgehead atoms. The summed E-state index contributed by atoms with van der Waals surface area (Å²) in [7, 11) is 0. The molecule has 0 unspecified atom stereocenters. The number of Topliss-reactive ketones (excluding diaryl/α,β-unsaturated/α-hetero) is 2. The van der Waals surface area contributed by atoms with Gasteiger partial charge in [0.1, 0.15) is 11.6 Å². The summed E-state index contributed by atoms with van der Waals surface area (Å²) in [5.74, 6) is -3.50. The van der Waals surface area contributed by atoms with Gasteiger partial charge in [-0.2, -0.15) is 0 Å². The van der Waals surface area contributed by atoms with Gasteiger partial charge in [-0.1, -0.05) is 30.3 Å². The summed E-state index contributed by atoms with van der Waals surface area (Å²) in [5, 5.41) is 0. The molecule has 0 N–H and O–H groups in total. The van der Waals surface area contributed by atoms with Crippen LogP contribution in [0.3, 0.4) is 0 Å². The van der Waals surface area contributed by atoms with Crippen LogP contribution in [0.25, 0.3) is 0 Å². The fraction of sp³-hybridized carbons (Fsp3) is 0. The highest BCUT2D eigenvalue weighted by atomic mass is 19.1. The monoisotopic (exact) mass is 246 g/mol. The highest BCUT2D eigenvalue weighted by molar-refractivity contribution is 6.49. The SMILES string of the molecule is O=C(C(=O)c1cc(F)cc(F)c1)c1ccccc1. The van der Waals surface area contributed by atoms with Gasteiger partial charge in [-0.15, -0.1) is 0 Å². The molecule has 0 spiro atoms. The van der Waals surface area contributed by atoms with Crippen molar-refractivity contribution >= 4 is 11.6 Å². The van der Waals surface area contributed by atoms with Crippen LogP contribution in [0.4, 0.5) is 8.78 Å². The molecule has 0 aliphatic heterocycles. The lowest BCUT2D eigenvalue weighted by molar-refractivity contribution is 0.0816. The molecule has 0 aliphatic rings. The lowest BCUT2D eigenvalue weighted by Crippen LogP contribution is -2.14. The van der Waals surface area contributed by atoms with Crippen molar-refractivity contribution in [1.29, 1.82) is 0 Å². The molecule has 0 heterocycles. The first-order chi connectivity index (χ1) is 8.58. The molecular weight excluding hydrogens is 238 g/mol. The molecule has 2 rings (SSSR count). The van der Waals surface area contributed by atoms with Crippen molar-refractivity contribution in [2.24, 2.45) is 0 Å². The number of ketones is 2. The predicted molar refractivity (Wildman–Crippen MR) is 61.5 cm³/mol. The Bertz CT molecular complexity index is 586. The largest absolute Gasteiger partial charge is 0.285 e. The third-order valence-electron chi connectivity index (χ3n) is 2.37. The van der Waals surface area contributed by atoms with Gasteiger partial charge in [0.25, 0.3) is 0 Å². The van der Waals surface area contributed by atoms with Gasteiger partial charge in [0.2, 0.25) is 11.6 Å². The van der Waals surface area contributed by atoms with Crippen molar-refractivity contribution < 1.29 is 18.4 Å². The van der Waals surface area contributed by atoms with E-state index in [1.54, 1.807) is 18.2 Å². The van der Waals surface area contributed by atoms with Crippen molar-refractivity contribution in [3.63, 3.8) is 0 Å². The fourth-order valence-electron chi connectivity index (χ4n) is 1.54. The first-order valence-electron chi connectivity index (χ1n) is 5.18. The van der Waals surface area contributed by atoms with E-state index >= 15 is 0 Å². The number of halogens is 2. The summed E-state index contributed by atoms with van der Waals surface area (Å²) < 4.78 is 25.9. The van der Waals surface area contributed by atoms with E-state index in [0.29, 0.717) is 6.07 Å². The lowest BCUT2D eigenvalue weighted by atomic mass is 10.0. The van der Waals surface area contributed by atoms with E-state index in [0.717, 1.165) is 12.1 Å². The zero-order valence-electron chi connectivity index (χ0n) is 9.19. The zero-order valence-corrected chi connectivity index (χ0v) is 9.19. The summed E-state index contributed by atoms with van der Waals surface area (Å²) in [6.07, 6.45) is 0. The van der Waals surface area contributed by atoms with Gasteiger partial charge in [-0.3, -0.25) is 9.59 Å². The summed E-state index contributed by atoms with van der Waals surface area (Å²) >= 11 is 0. The standard InChI is InChI=1S/C14H8F2O2/c15-11-6-10(7-12(16)8-11)14(18)13(17)9-4-2-1-3-5-9/h1-8H. The van der Waals surface area contributed by atoms with E-state index in [4.69, 9.17) is 0 Å². The molecule has 0 aliphatic carbocycles. The minimum Gasteiger partial charge on any atom is -0.285 e. The first-order valence-corrected chi connectivity index (χ1v) is 5.18. The number of carbonyl (C=O) groups is 2. The minimum absolute atomic E-state index is 0.187. The van der Waals surface area contributed by atoms with E-state index < -0.39 is 23.2 Å². The third-order valence-corrected chi connectivity index (χ3v) is 2.37. The molecular formula is C14H8F2O2. The molecule has 2 nitrogen and oxygen atoms in total. The smallest absolute Gasteiger partial charge is 0.233 e. The Labute approximate surface area is 102 Å². The van der Waals surface area contributed by atoms with Crippen molar-refractivity contribution in [3.8, 4) is 0 Å². The predicted octanol–water partition coefficient (Wildman–Crippen LogP) is 3.03. The van der Waals surface area contributed by atoms with E-state index in [2.05, 4.69) is 0 Å². The van der Waals surface area contributed by atoms with Gasteiger partial charge in [-0.05, 0) is 12.1 Å². The molecule has 0 atom stereocenters. The first kappa shape index (κ1) is 12.1. The van der Waals surface area contributed by atoms with E-state index in [9.17, 15) is 18.4 Å². The van der Waals surface area contributed by atoms with Gasteiger partial charge < -0.3 is 0 Å². The van der Waals surface area contributed by atoms with Crippen LogP contribution in [-0.4, -0.2) is 11.6 Å². The maximum absolute atomic E-state index is 13.0. The van der Waals surface area contributed by atoms with E-state index in [1.165, 1.54) is 12.1 Å². The molecule has 4 heteroatoms. The number of carbonyl (C=O) groups excluding carboxylic acids is 2. The fourth-order valence-corrected chi connectivity index (χ4v) is 1.54.